The monoisotopic (exact) mass is 458 g/mol. The first kappa shape index (κ1) is 25.3. The maximum absolute atomic E-state index is 11.1. The van der Waals surface area contributed by atoms with Gasteiger partial charge in [0, 0.05) is 5.57 Å². The summed E-state index contributed by atoms with van der Waals surface area (Å²) in [5.74, 6) is 2.86. The summed E-state index contributed by atoms with van der Waals surface area (Å²) in [6, 6.07) is 0. The fraction of sp³-hybridized carbons (Fsp3) is 0.900. The topological polar surface area (TPSA) is 57.5 Å². The molecule has 33 heavy (non-hydrogen) atoms. The van der Waals surface area contributed by atoms with Crippen LogP contribution in [0.25, 0.3) is 0 Å². The second-order valence-electron chi connectivity index (χ2n) is 14.0. The highest BCUT2D eigenvalue weighted by Gasteiger charge is 2.67. The number of carboxylic acids is 1. The van der Waals surface area contributed by atoms with Crippen LogP contribution >= 0.6 is 0 Å². The van der Waals surface area contributed by atoms with Crippen LogP contribution in [-0.4, -0.2) is 22.3 Å². The Balaban J connectivity index is 1.54. The average Bonchev–Trinajstić information content (AvgIpc) is 3.02. The molecule has 0 heterocycles. The summed E-state index contributed by atoms with van der Waals surface area (Å²) >= 11 is 0. The van der Waals surface area contributed by atoms with Gasteiger partial charge in [-0.2, -0.15) is 0 Å². The molecule has 0 spiro atoms. The summed E-state index contributed by atoms with van der Waals surface area (Å²) in [5.41, 5.74) is 1.70. The van der Waals surface area contributed by atoms with Crippen molar-refractivity contribution in [1.82, 2.24) is 0 Å². The van der Waals surface area contributed by atoms with Crippen molar-refractivity contribution < 1.29 is 15.0 Å². The Kier molecular flexibility index (Phi) is 6.42. The van der Waals surface area contributed by atoms with E-state index in [1.165, 1.54) is 44.9 Å². The minimum Gasteiger partial charge on any atom is -0.478 e. The van der Waals surface area contributed by atoms with Crippen LogP contribution in [0.2, 0.25) is 0 Å². The molecule has 4 aliphatic rings. The first-order valence-corrected chi connectivity index (χ1v) is 13.9. The Morgan fingerprint density at radius 2 is 1.61 bits per heavy atom. The number of hydrogen-bond acceptors (Lipinski definition) is 2. The van der Waals surface area contributed by atoms with Gasteiger partial charge in [-0.15, -0.1) is 0 Å². The van der Waals surface area contributed by atoms with Crippen molar-refractivity contribution in [2.45, 2.75) is 119 Å². The molecule has 0 amide bonds. The fourth-order valence-electron chi connectivity index (χ4n) is 10.3. The third-order valence-electron chi connectivity index (χ3n) is 12.6. The largest absolute Gasteiger partial charge is 0.478 e. The number of carbonyl (C=O) groups is 1. The number of aliphatic hydroxyl groups excluding tert-OH is 1. The Hall–Kier alpha value is -0.830. The second kappa shape index (κ2) is 8.38. The highest BCUT2D eigenvalue weighted by atomic mass is 16.4. The highest BCUT2D eigenvalue weighted by molar-refractivity contribution is 5.85. The third kappa shape index (κ3) is 3.66. The number of aliphatic hydroxyl groups is 1. The summed E-state index contributed by atoms with van der Waals surface area (Å²) in [6.07, 6.45) is 14.0. The van der Waals surface area contributed by atoms with Crippen molar-refractivity contribution in [2.24, 2.45) is 51.2 Å². The summed E-state index contributed by atoms with van der Waals surface area (Å²) in [7, 11) is 0. The number of rotatable bonds is 5. The van der Waals surface area contributed by atoms with E-state index in [1.807, 2.05) is 6.08 Å². The van der Waals surface area contributed by atoms with Crippen molar-refractivity contribution in [2.75, 3.05) is 0 Å². The normalized spacial score (nSPS) is 47.9. The molecule has 0 aromatic heterocycles. The van der Waals surface area contributed by atoms with E-state index in [-0.39, 0.29) is 11.5 Å². The molecular formula is C30H50O3. The highest BCUT2D eigenvalue weighted by Crippen LogP contribution is 2.74. The SMILES string of the molecule is C/C(=C\CC[C@H](C)[C@H]1CC[C@]2(C)C3CCC4C(C)(C)[C@H](O)CC[C@]4(C)C3CC[C@@]12C)C(=O)O. The van der Waals surface area contributed by atoms with Crippen molar-refractivity contribution in [3.8, 4) is 0 Å². The van der Waals surface area contributed by atoms with Gasteiger partial charge in [0.1, 0.15) is 0 Å². The van der Waals surface area contributed by atoms with E-state index in [4.69, 9.17) is 5.11 Å². The molecule has 0 saturated heterocycles. The Labute approximate surface area is 202 Å². The summed E-state index contributed by atoms with van der Waals surface area (Å²) in [6.45, 7) is 16.7. The first-order valence-electron chi connectivity index (χ1n) is 13.9. The van der Waals surface area contributed by atoms with Gasteiger partial charge in [0.25, 0.3) is 0 Å². The minimum atomic E-state index is -0.788. The molecule has 3 nitrogen and oxygen atoms in total. The number of carboxylic acid groups (broad SMARTS) is 1. The van der Waals surface area contributed by atoms with Crippen LogP contribution in [0.3, 0.4) is 0 Å². The molecule has 4 saturated carbocycles. The van der Waals surface area contributed by atoms with Crippen LogP contribution in [0.4, 0.5) is 0 Å². The molecule has 4 fully saturated rings. The fourth-order valence-corrected chi connectivity index (χ4v) is 10.3. The van der Waals surface area contributed by atoms with Crippen LogP contribution in [0.5, 0.6) is 0 Å². The summed E-state index contributed by atoms with van der Waals surface area (Å²) in [5, 5.41) is 20.0. The second-order valence-corrected chi connectivity index (χ2v) is 14.0. The zero-order valence-corrected chi connectivity index (χ0v) is 22.4. The Morgan fingerprint density at radius 3 is 2.27 bits per heavy atom. The van der Waals surface area contributed by atoms with Crippen LogP contribution in [0.15, 0.2) is 11.6 Å². The summed E-state index contributed by atoms with van der Waals surface area (Å²) in [4.78, 5) is 11.1. The van der Waals surface area contributed by atoms with Crippen LogP contribution in [0, 0.1) is 51.2 Å². The van der Waals surface area contributed by atoms with E-state index in [0.717, 1.165) is 37.0 Å². The summed E-state index contributed by atoms with van der Waals surface area (Å²) < 4.78 is 0. The standard InChI is InChI=1S/C30H50O3/c1-19(9-8-10-20(2)26(32)33)21-13-17-30(7)23-11-12-24-27(3,4)25(31)15-16-28(24,5)22(23)14-18-29(21,30)6/h10,19,21-25,31H,8-9,11-18H2,1-7H3,(H,32,33)/b20-10+/t19-,21+,22?,23?,24?,25+,28+,29-,30+/m0/s1. The Bertz CT molecular complexity index is 798. The molecule has 0 bridgehead atoms. The maximum atomic E-state index is 11.1. The van der Waals surface area contributed by atoms with Gasteiger partial charge in [-0.25, -0.2) is 4.79 Å². The minimum absolute atomic E-state index is 0.0357. The van der Waals surface area contributed by atoms with Crippen LogP contribution in [-0.2, 0) is 4.79 Å². The molecule has 3 unspecified atom stereocenters. The molecule has 4 rings (SSSR count). The molecule has 4 aliphatic carbocycles. The van der Waals surface area contributed by atoms with Gasteiger partial charge in [0.2, 0.25) is 0 Å². The quantitative estimate of drug-likeness (QED) is 0.420. The molecule has 0 aliphatic heterocycles. The lowest BCUT2D eigenvalue weighted by atomic mass is 9.38. The molecule has 188 valence electrons. The van der Waals surface area contributed by atoms with Gasteiger partial charge >= 0.3 is 5.97 Å². The Morgan fingerprint density at radius 1 is 0.939 bits per heavy atom. The van der Waals surface area contributed by atoms with Crippen LogP contribution in [0.1, 0.15) is 113 Å². The van der Waals surface area contributed by atoms with Gasteiger partial charge in [0.15, 0.2) is 0 Å². The molecule has 9 atom stereocenters. The van der Waals surface area contributed by atoms with E-state index < -0.39 is 5.97 Å². The van der Waals surface area contributed by atoms with E-state index in [2.05, 4.69) is 41.5 Å². The van der Waals surface area contributed by atoms with Crippen molar-refractivity contribution >= 4 is 5.97 Å². The van der Waals surface area contributed by atoms with E-state index >= 15 is 0 Å². The maximum Gasteiger partial charge on any atom is 0.330 e. The lowest BCUT2D eigenvalue weighted by molar-refractivity contribution is -0.200. The number of hydrogen-bond donors (Lipinski definition) is 2. The lowest BCUT2D eigenvalue weighted by Gasteiger charge is -2.67. The third-order valence-corrected chi connectivity index (χ3v) is 12.6. The zero-order chi connectivity index (χ0) is 24.4. The van der Waals surface area contributed by atoms with Gasteiger partial charge in [0.05, 0.1) is 6.10 Å². The molecular weight excluding hydrogens is 408 g/mol. The molecule has 0 aromatic carbocycles. The van der Waals surface area contributed by atoms with Crippen molar-refractivity contribution in [3.63, 3.8) is 0 Å². The predicted octanol–water partition coefficient (Wildman–Crippen LogP) is 7.48. The average molecular weight is 459 g/mol. The van der Waals surface area contributed by atoms with Crippen molar-refractivity contribution in [3.05, 3.63) is 11.6 Å². The lowest BCUT2D eigenvalue weighted by Crippen LogP contribution is -2.61. The van der Waals surface area contributed by atoms with E-state index in [0.29, 0.717) is 33.7 Å². The van der Waals surface area contributed by atoms with Crippen LogP contribution < -0.4 is 0 Å². The van der Waals surface area contributed by atoms with E-state index in [1.54, 1.807) is 6.92 Å². The number of aliphatic carboxylic acids is 1. The predicted molar refractivity (Wildman–Crippen MR) is 135 cm³/mol. The first-order chi connectivity index (χ1) is 15.3. The molecule has 0 radical (unpaired) electrons. The zero-order valence-electron chi connectivity index (χ0n) is 22.4. The van der Waals surface area contributed by atoms with Crippen molar-refractivity contribution in [1.29, 1.82) is 0 Å². The van der Waals surface area contributed by atoms with Gasteiger partial charge in [-0.05, 0) is 122 Å². The van der Waals surface area contributed by atoms with E-state index in [9.17, 15) is 9.90 Å². The van der Waals surface area contributed by atoms with Gasteiger partial charge in [-0.1, -0.05) is 47.6 Å². The smallest absolute Gasteiger partial charge is 0.330 e. The molecule has 2 N–H and O–H groups in total. The number of allylic oxidation sites excluding steroid dienone is 1. The molecule has 3 heteroatoms. The molecule has 0 aromatic rings. The number of fused-ring (bicyclic) bond motifs is 5. The van der Waals surface area contributed by atoms with Gasteiger partial charge < -0.3 is 10.2 Å². The van der Waals surface area contributed by atoms with Gasteiger partial charge in [-0.3, -0.25) is 0 Å².